The van der Waals surface area contributed by atoms with Crippen molar-refractivity contribution in [1.29, 1.82) is 0 Å². The summed E-state index contributed by atoms with van der Waals surface area (Å²) in [6.07, 6.45) is -16.2. The number of benzene rings is 2. The number of aliphatic hydroxyl groups is 8. The van der Waals surface area contributed by atoms with E-state index in [4.69, 9.17) is 37.9 Å². The van der Waals surface area contributed by atoms with Crippen LogP contribution in [0.2, 0.25) is 0 Å². The van der Waals surface area contributed by atoms with Gasteiger partial charge in [-0.3, -0.25) is 4.79 Å². The summed E-state index contributed by atoms with van der Waals surface area (Å²) in [5.41, 5.74) is -1.13. The average Bonchev–Trinajstić information content (AvgIpc) is 3.08. The maximum absolute atomic E-state index is 14.0. The number of ether oxygens (including phenoxy) is 6. The Morgan fingerprint density at radius 3 is 2.14 bits per heavy atom. The highest BCUT2D eigenvalue weighted by atomic mass is 16.7. The van der Waals surface area contributed by atoms with E-state index in [-0.39, 0.29) is 60.6 Å². The van der Waals surface area contributed by atoms with Crippen LogP contribution in [0, 0.1) is 0 Å². The molecule has 18 heteroatoms. The maximum atomic E-state index is 14.0. The highest BCUT2D eigenvalue weighted by Gasteiger charge is 2.48. The predicted molar refractivity (Wildman–Crippen MR) is 162 cm³/mol. The molecule has 0 aliphatic carbocycles. The van der Waals surface area contributed by atoms with Crippen molar-refractivity contribution in [2.75, 3.05) is 33.0 Å². The van der Waals surface area contributed by atoms with Gasteiger partial charge in [-0.25, -0.2) is 0 Å². The lowest BCUT2D eigenvalue weighted by Crippen LogP contribution is -2.61. The Balaban J connectivity index is 1.51. The molecule has 2 saturated heterocycles. The first-order chi connectivity index (χ1) is 23.4. The quantitative estimate of drug-likeness (QED) is 0.0947. The van der Waals surface area contributed by atoms with Gasteiger partial charge >= 0.3 is 0 Å². The van der Waals surface area contributed by atoms with Gasteiger partial charge in [0.05, 0.1) is 25.9 Å². The van der Waals surface area contributed by atoms with Gasteiger partial charge in [0.2, 0.25) is 17.5 Å². The van der Waals surface area contributed by atoms with Crippen LogP contribution in [-0.2, 0) is 14.2 Å². The first-order valence-electron chi connectivity index (χ1n) is 15.2. The number of aromatic hydroxyl groups is 2. The molecule has 2 aromatic carbocycles. The van der Waals surface area contributed by atoms with Crippen molar-refractivity contribution in [2.24, 2.45) is 0 Å². The second-order valence-corrected chi connectivity index (χ2v) is 11.4. The van der Waals surface area contributed by atoms with E-state index in [2.05, 4.69) is 0 Å². The van der Waals surface area contributed by atoms with E-state index in [9.17, 15) is 50.8 Å². The predicted octanol–water partition coefficient (Wildman–Crippen LogP) is -2.36. The SMILES string of the molecule is C[C@@H]1O[C@@H](OC[C@H]2O[C@@H](Oc3c(-c4ccc(O)c(OCCO)c4)oc4cc(OCCO)cc(O)c4c3=O)[C@H](O)[C@@H](O)[C@@H]2O)[C@H](O)[C@H](O)[C@H]1O. The Morgan fingerprint density at radius 1 is 0.755 bits per heavy atom. The normalized spacial score (nSPS) is 30.3. The highest BCUT2D eigenvalue weighted by Crippen LogP contribution is 2.40. The van der Waals surface area contributed by atoms with Crippen molar-refractivity contribution in [3.05, 3.63) is 40.6 Å². The van der Waals surface area contributed by atoms with Gasteiger partial charge in [0.1, 0.15) is 78.4 Å². The Bertz CT molecular complexity index is 1640. The summed E-state index contributed by atoms with van der Waals surface area (Å²) in [5, 5.41) is 101. The number of phenolic OH excluding ortho intramolecular Hbond substituents is 2. The van der Waals surface area contributed by atoms with Crippen LogP contribution in [-0.4, -0.2) is 146 Å². The van der Waals surface area contributed by atoms with E-state index >= 15 is 0 Å². The fourth-order valence-electron chi connectivity index (χ4n) is 5.34. The third-order valence-electron chi connectivity index (χ3n) is 7.97. The lowest BCUT2D eigenvalue weighted by Gasteiger charge is -2.42. The highest BCUT2D eigenvalue weighted by molar-refractivity contribution is 5.88. The van der Waals surface area contributed by atoms with Gasteiger partial charge in [0, 0.05) is 17.7 Å². The molecule has 10 N–H and O–H groups in total. The van der Waals surface area contributed by atoms with Crippen molar-refractivity contribution in [2.45, 2.75) is 68.3 Å². The lowest BCUT2D eigenvalue weighted by molar-refractivity contribution is -0.318. The number of hydrogen-bond acceptors (Lipinski definition) is 18. The Morgan fingerprint density at radius 2 is 1.43 bits per heavy atom. The summed E-state index contributed by atoms with van der Waals surface area (Å²) in [7, 11) is 0. The number of fused-ring (bicyclic) bond motifs is 1. The first-order valence-corrected chi connectivity index (χ1v) is 15.2. The molecule has 0 spiro atoms. The van der Waals surface area contributed by atoms with Crippen LogP contribution in [0.25, 0.3) is 22.3 Å². The zero-order valence-electron chi connectivity index (χ0n) is 25.9. The monoisotopic (exact) mass is 698 g/mol. The van der Waals surface area contributed by atoms with E-state index < -0.39 is 90.3 Å². The molecule has 49 heavy (non-hydrogen) atoms. The van der Waals surface area contributed by atoms with Crippen molar-refractivity contribution in [1.82, 2.24) is 0 Å². The molecule has 0 bridgehead atoms. The number of aliphatic hydroxyl groups excluding tert-OH is 8. The largest absolute Gasteiger partial charge is 0.507 e. The smallest absolute Gasteiger partial charge is 0.239 e. The zero-order valence-corrected chi connectivity index (χ0v) is 25.9. The molecule has 0 unspecified atom stereocenters. The van der Waals surface area contributed by atoms with Crippen LogP contribution >= 0.6 is 0 Å². The minimum Gasteiger partial charge on any atom is -0.507 e. The average molecular weight is 699 g/mol. The van der Waals surface area contributed by atoms with Gasteiger partial charge in [0.15, 0.2) is 23.5 Å². The summed E-state index contributed by atoms with van der Waals surface area (Å²) in [4.78, 5) is 14.0. The standard InChI is InChI=1S/C31H38O18/c1-12-21(36)24(39)26(41)30(46-12)45-11-19-22(37)25(40)27(42)31(48-19)49-29-23(38)20-16(35)9-14(43-6-4-32)10-18(20)47-28(29)13-2-3-15(34)17(8-13)44-7-5-33/h2-3,8-10,12,19,21-22,24-27,30-37,39-42H,4-7,11H2,1H3/t12-,19+,21-,22+,24+,25-,26+,27+,30+,31-/m0/s1. The number of hydrogen-bond donors (Lipinski definition) is 10. The number of rotatable bonds is 12. The summed E-state index contributed by atoms with van der Waals surface area (Å²) < 4.78 is 39.1. The van der Waals surface area contributed by atoms with E-state index in [0.717, 1.165) is 6.07 Å². The van der Waals surface area contributed by atoms with Crippen LogP contribution in [0.3, 0.4) is 0 Å². The molecule has 10 atom stereocenters. The summed E-state index contributed by atoms with van der Waals surface area (Å²) in [5.74, 6) is -2.01. The van der Waals surface area contributed by atoms with Crippen molar-refractivity contribution >= 4 is 11.0 Å². The number of phenols is 2. The molecule has 0 radical (unpaired) electrons. The minimum absolute atomic E-state index is 0.0361. The van der Waals surface area contributed by atoms with Gasteiger partial charge < -0.3 is 83.9 Å². The summed E-state index contributed by atoms with van der Waals surface area (Å²) >= 11 is 0. The molecular formula is C31H38O18. The van der Waals surface area contributed by atoms with Gasteiger partial charge in [0.25, 0.3) is 0 Å². The molecule has 5 rings (SSSR count). The molecule has 3 heterocycles. The van der Waals surface area contributed by atoms with Crippen molar-refractivity contribution in [3.63, 3.8) is 0 Å². The second-order valence-electron chi connectivity index (χ2n) is 11.4. The Hall–Kier alpha value is -3.79. The summed E-state index contributed by atoms with van der Waals surface area (Å²) in [6, 6.07) is 6.13. The van der Waals surface area contributed by atoms with Gasteiger partial charge in [-0.2, -0.15) is 0 Å². The second kappa shape index (κ2) is 15.4. The maximum Gasteiger partial charge on any atom is 0.239 e. The fraction of sp³-hybridized carbons (Fsp3) is 0.516. The Kier molecular flexibility index (Phi) is 11.5. The molecule has 2 aliphatic rings. The summed E-state index contributed by atoms with van der Waals surface area (Å²) in [6.45, 7) is -0.260. The fourth-order valence-corrected chi connectivity index (χ4v) is 5.34. The van der Waals surface area contributed by atoms with Gasteiger partial charge in [-0.1, -0.05) is 0 Å². The molecule has 1 aromatic heterocycles. The first kappa shape index (κ1) is 36.5. The van der Waals surface area contributed by atoms with Crippen LogP contribution in [0.4, 0.5) is 0 Å². The zero-order chi connectivity index (χ0) is 35.6. The van der Waals surface area contributed by atoms with Gasteiger partial charge in [-0.05, 0) is 25.1 Å². The van der Waals surface area contributed by atoms with Crippen LogP contribution in [0.15, 0.2) is 39.5 Å². The molecule has 0 saturated carbocycles. The van der Waals surface area contributed by atoms with Gasteiger partial charge in [-0.15, -0.1) is 0 Å². The molecule has 270 valence electrons. The van der Waals surface area contributed by atoms with E-state index in [1.54, 1.807) is 0 Å². The third-order valence-corrected chi connectivity index (χ3v) is 7.97. The molecule has 2 fully saturated rings. The molecule has 2 aliphatic heterocycles. The van der Waals surface area contributed by atoms with E-state index in [1.807, 2.05) is 0 Å². The van der Waals surface area contributed by atoms with Crippen molar-refractivity contribution in [3.8, 4) is 40.1 Å². The third kappa shape index (κ3) is 7.54. The molecule has 3 aromatic rings. The minimum atomic E-state index is -1.98. The van der Waals surface area contributed by atoms with Crippen LogP contribution in [0.5, 0.6) is 28.7 Å². The molecular weight excluding hydrogens is 660 g/mol. The Labute approximate surface area is 277 Å². The van der Waals surface area contributed by atoms with E-state index in [1.165, 1.54) is 31.2 Å². The van der Waals surface area contributed by atoms with E-state index in [0.29, 0.717) is 0 Å². The molecule has 0 amide bonds. The van der Waals surface area contributed by atoms with Crippen molar-refractivity contribution < 1.29 is 83.9 Å². The molecule has 18 nitrogen and oxygen atoms in total. The van der Waals surface area contributed by atoms with Crippen LogP contribution in [0.1, 0.15) is 6.92 Å². The topological polar surface area (TPSA) is 288 Å². The lowest BCUT2D eigenvalue weighted by atomic mass is 9.98. The van der Waals surface area contributed by atoms with Crippen LogP contribution < -0.4 is 19.6 Å².